The summed E-state index contributed by atoms with van der Waals surface area (Å²) in [5.74, 6) is -1.49. The highest BCUT2D eigenvalue weighted by atomic mass is 19.1. The highest BCUT2D eigenvalue weighted by Gasteiger charge is 2.43. The van der Waals surface area contributed by atoms with E-state index in [1.165, 1.54) is 17.1 Å². The van der Waals surface area contributed by atoms with Gasteiger partial charge in [0, 0.05) is 12.7 Å². The maximum Gasteiger partial charge on any atom is 0.347 e. The van der Waals surface area contributed by atoms with E-state index in [4.69, 9.17) is 14.2 Å². The number of hydrogen-bond acceptors (Lipinski definition) is 6. The van der Waals surface area contributed by atoms with Crippen molar-refractivity contribution in [2.75, 3.05) is 13.2 Å². The van der Waals surface area contributed by atoms with Crippen LogP contribution in [0.3, 0.4) is 0 Å². The van der Waals surface area contributed by atoms with Gasteiger partial charge in [0.2, 0.25) is 0 Å². The Kier molecular flexibility index (Phi) is 5.34. The van der Waals surface area contributed by atoms with E-state index in [0.29, 0.717) is 24.5 Å². The van der Waals surface area contributed by atoms with Gasteiger partial charge < -0.3 is 19.2 Å². The number of rotatable bonds is 5. The fourth-order valence-electron chi connectivity index (χ4n) is 5.12. The minimum atomic E-state index is -0.773. The lowest BCUT2D eigenvalue weighted by Crippen LogP contribution is -2.32. The summed E-state index contributed by atoms with van der Waals surface area (Å²) < 4.78 is 49.1. The normalized spacial score (nSPS) is 20.7. The molecule has 2 aromatic heterocycles. The van der Waals surface area contributed by atoms with Crippen LogP contribution in [-0.2, 0) is 9.47 Å². The Morgan fingerprint density at radius 1 is 1.00 bits per heavy atom. The molecule has 3 unspecified atom stereocenters. The van der Waals surface area contributed by atoms with E-state index in [-0.39, 0.29) is 46.6 Å². The first-order valence-electron chi connectivity index (χ1n) is 12.2. The minimum absolute atomic E-state index is 0.00696. The Labute approximate surface area is 214 Å². The Morgan fingerprint density at radius 3 is 2.47 bits per heavy atom. The van der Waals surface area contributed by atoms with Crippen LogP contribution in [0.15, 0.2) is 65.7 Å². The third-order valence-electron chi connectivity index (χ3n) is 7.00. The smallest absolute Gasteiger partial charge is 0.347 e. The predicted molar refractivity (Wildman–Crippen MR) is 133 cm³/mol. The molecule has 2 aliphatic rings. The van der Waals surface area contributed by atoms with E-state index in [2.05, 4.69) is 20.1 Å². The Morgan fingerprint density at radius 2 is 1.74 bits per heavy atom. The number of benzene rings is 3. The molecule has 0 amide bonds. The zero-order valence-electron chi connectivity index (χ0n) is 19.9. The Hall–Kier alpha value is -4.35. The number of nitrogens with zero attached hydrogens (tertiary/aromatic N) is 3. The van der Waals surface area contributed by atoms with Crippen LogP contribution in [0.25, 0.3) is 39.0 Å². The average molecular weight is 517 g/mol. The summed E-state index contributed by atoms with van der Waals surface area (Å²) in [5, 5.41) is 3.96. The maximum absolute atomic E-state index is 15.5. The number of H-pyrrole nitrogens is 2. The molecule has 0 saturated carbocycles. The van der Waals surface area contributed by atoms with Gasteiger partial charge in [0.1, 0.15) is 23.8 Å². The fourth-order valence-corrected chi connectivity index (χ4v) is 5.12. The van der Waals surface area contributed by atoms with Crippen molar-refractivity contribution in [1.82, 2.24) is 24.7 Å². The molecule has 38 heavy (non-hydrogen) atoms. The fraction of sp³-hybridized carbons (Fsp3) is 0.222. The number of nitrogens with one attached hydrogen (secondary N) is 2. The van der Waals surface area contributed by atoms with Gasteiger partial charge in [-0.3, -0.25) is 4.98 Å². The van der Waals surface area contributed by atoms with Crippen molar-refractivity contribution in [1.29, 1.82) is 0 Å². The van der Waals surface area contributed by atoms with Gasteiger partial charge in [0.05, 0.1) is 29.5 Å². The topological polar surface area (TPSA) is 107 Å². The van der Waals surface area contributed by atoms with Gasteiger partial charge >= 0.3 is 5.69 Å². The minimum Gasteiger partial charge on any atom is -0.456 e. The number of hydrogen-bond donors (Lipinski definition) is 2. The van der Waals surface area contributed by atoms with Crippen LogP contribution in [0.5, 0.6) is 6.01 Å². The molecule has 3 aromatic carbocycles. The number of ether oxygens (including phenoxy) is 3. The van der Waals surface area contributed by atoms with E-state index in [9.17, 15) is 4.79 Å². The molecule has 0 bridgehead atoms. The lowest BCUT2D eigenvalue weighted by molar-refractivity contribution is 0.0273. The first-order chi connectivity index (χ1) is 18.5. The van der Waals surface area contributed by atoms with Crippen LogP contribution in [0.2, 0.25) is 0 Å². The molecule has 192 valence electrons. The molecule has 0 aliphatic carbocycles. The monoisotopic (exact) mass is 517 g/mol. The van der Waals surface area contributed by atoms with E-state index >= 15 is 8.78 Å². The summed E-state index contributed by atoms with van der Waals surface area (Å²) in [6.45, 7) is 0.958. The average Bonchev–Trinajstić information content (AvgIpc) is 3.71. The molecular formula is C27H21F2N5O4. The number of aromatic amines is 2. The summed E-state index contributed by atoms with van der Waals surface area (Å²) in [6.07, 6.45) is 1.57. The van der Waals surface area contributed by atoms with Gasteiger partial charge in [-0.2, -0.15) is 14.8 Å². The first kappa shape index (κ1) is 22.8. The van der Waals surface area contributed by atoms with E-state index < -0.39 is 11.6 Å². The van der Waals surface area contributed by atoms with Gasteiger partial charge in [-0.15, -0.1) is 0 Å². The van der Waals surface area contributed by atoms with E-state index in [1.807, 2.05) is 12.1 Å². The predicted octanol–water partition coefficient (Wildman–Crippen LogP) is 3.98. The van der Waals surface area contributed by atoms with Crippen LogP contribution in [0.1, 0.15) is 6.42 Å². The summed E-state index contributed by atoms with van der Waals surface area (Å²) >= 11 is 0. The molecule has 11 heteroatoms. The van der Waals surface area contributed by atoms with Gasteiger partial charge in [0.25, 0.3) is 6.01 Å². The zero-order valence-corrected chi connectivity index (χ0v) is 19.9. The second-order valence-electron chi connectivity index (χ2n) is 9.27. The van der Waals surface area contributed by atoms with Crippen molar-refractivity contribution >= 4 is 11.0 Å². The zero-order chi connectivity index (χ0) is 25.8. The van der Waals surface area contributed by atoms with Crippen LogP contribution in [0, 0.1) is 11.6 Å². The highest BCUT2D eigenvalue weighted by Crippen LogP contribution is 2.34. The molecule has 2 N–H and O–H groups in total. The molecule has 4 heterocycles. The third kappa shape index (κ3) is 3.78. The summed E-state index contributed by atoms with van der Waals surface area (Å²) in [5.41, 5.74) is 2.41. The molecule has 3 atom stereocenters. The summed E-state index contributed by atoms with van der Waals surface area (Å²) in [4.78, 5) is 21.4. The van der Waals surface area contributed by atoms with Crippen molar-refractivity contribution < 1.29 is 23.0 Å². The number of imidazole rings is 1. The van der Waals surface area contributed by atoms with Crippen molar-refractivity contribution in [3.8, 4) is 34.0 Å². The maximum atomic E-state index is 15.5. The molecule has 2 fully saturated rings. The largest absolute Gasteiger partial charge is 0.456 e. The van der Waals surface area contributed by atoms with Crippen molar-refractivity contribution in [2.45, 2.75) is 24.7 Å². The lowest BCUT2D eigenvalue weighted by atomic mass is 9.99. The SMILES string of the molecule is O=c1[nH]cnn1-c1ccc(-c2ccc(-c3c(F)cc4[nH]c(OC5COC6CCOC65)nc4c3F)cc2)cc1. The standard InChI is InChI=1S/C27H21F2N5O4/c28-18-11-19-24(33-26(32-19)38-21-12-37-20-9-10-36-25(20)21)23(29)22(18)16-3-1-14(2-4-16)15-5-7-17(8-6-15)34-27(35)30-13-31-34/h1-8,11,13,20-21,25H,9-10,12H2,(H,32,33)(H,30,31,35). The first-order valence-corrected chi connectivity index (χ1v) is 12.2. The highest BCUT2D eigenvalue weighted by molar-refractivity contribution is 5.84. The van der Waals surface area contributed by atoms with Crippen LogP contribution < -0.4 is 10.4 Å². The second-order valence-corrected chi connectivity index (χ2v) is 9.27. The van der Waals surface area contributed by atoms with Crippen molar-refractivity contribution in [2.24, 2.45) is 0 Å². The van der Waals surface area contributed by atoms with Gasteiger partial charge in [-0.1, -0.05) is 36.4 Å². The molecule has 0 radical (unpaired) electrons. The molecule has 2 saturated heterocycles. The molecular weight excluding hydrogens is 496 g/mol. The number of halogens is 2. The van der Waals surface area contributed by atoms with Gasteiger partial charge in [-0.25, -0.2) is 13.6 Å². The van der Waals surface area contributed by atoms with E-state index in [0.717, 1.165) is 17.5 Å². The van der Waals surface area contributed by atoms with Gasteiger partial charge in [0.15, 0.2) is 11.9 Å². The van der Waals surface area contributed by atoms with Crippen LogP contribution in [-0.4, -0.2) is 56.3 Å². The second kappa shape index (κ2) is 8.89. The Balaban J connectivity index is 1.15. The number of aromatic nitrogens is 5. The Bertz CT molecular complexity index is 1690. The lowest BCUT2D eigenvalue weighted by Gasteiger charge is -2.15. The molecule has 5 aromatic rings. The molecule has 2 aliphatic heterocycles. The molecule has 0 spiro atoms. The van der Waals surface area contributed by atoms with E-state index in [1.54, 1.807) is 36.4 Å². The third-order valence-corrected chi connectivity index (χ3v) is 7.00. The number of fused-ring (bicyclic) bond motifs is 2. The summed E-state index contributed by atoms with van der Waals surface area (Å²) in [7, 11) is 0. The van der Waals surface area contributed by atoms with Gasteiger partial charge in [-0.05, 0) is 35.2 Å². The summed E-state index contributed by atoms with van der Waals surface area (Å²) in [6, 6.07) is 15.4. The van der Waals surface area contributed by atoms with Crippen molar-refractivity contribution in [3.63, 3.8) is 0 Å². The molecule has 7 rings (SSSR count). The van der Waals surface area contributed by atoms with Crippen LogP contribution in [0.4, 0.5) is 8.78 Å². The van der Waals surface area contributed by atoms with Crippen molar-refractivity contribution in [3.05, 3.63) is 83.0 Å². The molecule has 9 nitrogen and oxygen atoms in total. The quantitative estimate of drug-likeness (QED) is 0.365. The van der Waals surface area contributed by atoms with Crippen LogP contribution >= 0.6 is 0 Å².